The molecule has 0 aliphatic heterocycles. The van der Waals surface area contributed by atoms with Crippen LogP contribution in [0, 0.1) is 0 Å². The maximum absolute atomic E-state index is 11.6. The molecule has 0 bridgehead atoms. The minimum Gasteiger partial charge on any atom is -0.385 e. The second-order valence-electron chi connectivity index (χ2n) is 4.61. The third kappa shape index (κ3) is 3.86. The SMILES string of the molecule is Cn1cccc1[C@H](O)CNC(=O)NCc1ccccc1. The zero-order chi connectivity index (χ0) is 14.4. The van der Waals surface area contributed by atoms with Crippen molar-refractivity contribution in [2.45, 2.75) is 12.6 Å². The van der Waals surface area contributed by atoms with Crippen molar-refractivity contribution in [2.24, 2.45) is 7.05 Å². The molecule has 2 rings (SSSR count). The van der Waals surface area contributed by atoms with Crippen molar-refractivity contribution in [2.75, 3.05) is 6.54 Å². The van der Waals surface area contributed by atoms with E-state index in [4.69, 9.17) is 0 Å². The Kier molecular flexibility index (Phi) is 4.79. The van der Waals surface area contributed by atoms with E-state index in [1.807, 2.05) is 60.3 Å². The highest BCUT2D eigenvalue weighted by Crippen LogP contribution is 2.11. The molecule has 0 aliphatic carbocycles. The van der Waals surface area contributed by atoms with Crippen molar-refractivity contribution in [3.63, 3.8) is 0 Å². The fraction of sp³-hybridized carbons (Fsp3) is 0.267. The average molecular weight is 273 g/mol. The van der Waals surface area contributed by atoms with Crippen LogP contribution in [0.25, 0.3) is 0 Å². The van der Waals surface area contributed by atoms with Gasteiger partial charge < -0.3 is 20.3 Å². The highest BCUT2D eigenvalue weighted by atomic mass is 16.3. The van der Waals surface area contributed by atoms with Crippen LogP contribution in [0.4, 0.5) is 4.79 Å². The molecular formula is C15H19N3O2. The summed E-state index contributed by atoms with van der Waals surface area (Å²) in [6.07, 6.45) is 1.14. The molecule has 0 aliphatic rings. The summed E-state index contributed by atoms with van der Waals surface area (Å²) < 4.78 is 1.83. The van der Waals surface area contributed by atoms with Gasteiger partial charge in [-0.3, -0.25) is 0 Å². The molecule has 0 spiro atoms. The highest BCUT2D eigenvalue weighted by molar-refractivity contribution is 5.73. The molecule has 0 radical (unpaired) electrons. The predicted molar refractivity (Wildman–Crippen MR) is 77.1 cm³/mol. The molecule has 20 heavy (non-hydrogen) atoms. The molecule has 1 aromatic carbocycles. The molecule has 0 fully saturated rings. The smallest absolute Gasteiger partial charge is 0.315 e. The minimum absolute atomic E-state index is 0.179. The summed E-state index contributed by atoms with van der Waals surface area (Å²) in [5, 5.41) is 15.4. The molecule has 106 valence electrons. The van der Waals surface area contributed by atoms with Gasteiger partial charge in [0.2, 0.25) is 0 Å². The number of hydrogen-bond acceptors (Lipinski definition) is 2. The van der Waals surface area contributed by atoms with Crippen LogP contribution in [0.3, 0.4) is 0 Å². The Morgan fingerprint density at radius 2 is 1.95 bits per heavy atom. The summed E-state index contributed by atoms with van der Waals surface area (Å²) in [7, 11) is 1.86. The zero-order valence-electron chi connectivity index (χ0n) is 11.4. The average Bonchev–Trinajstić information content (AvgIpc) is 2.90. The Bertz CT molecular complexity index is 551. The van der Waals surface area contributed by atoms with E-state index < -0.39 is 6.10 Å². The Labute approximate surface area is 118 Å². The van der Waals surface area contributed by atoms with E-state index in [0.717, 1.165) is 11.3 Å². The lowest BCUT2D eigenvalue weighted by molar-refractivity contribution is 0.166. The number of hydrogen-bond donors (Lipinski definition) is 3. The molecule has 5 nitrogen and oxygen atoms in total. The van der Waals surface area contributed by atoms with Crippen molar-refractivity contribution in [1.29, 1.82) is 0 Å². The van der Waals surface area contributed by atoms with Crippen LogP contribution in [0.2, 0.25) is 0 Å². The Morgan fingerprint density at radius 3 is 2.60 bits per heavy atom. The second kappa shape index (κ2) is 6.77. The third-order valence-electron chi connectivity index (χ3n) is 3.08. The van der Waals surface area contributed by atoms with Gasteiger partial charge in [0.25, 0.3) is 0 Å². The number of urea groups is 1. The number of nitrogens with zero attached hydrogens (tertiary/aromatic N) is 1. The number of benzene rings is 1. The number of aliphatic hydroxyl groups excluding tert-OH is 1. The predicted octanol–water partition coefficient (Wildman–Crippen LogP) is 1.56. The number of rotatable bonds is 5. The molecule has 2 amide bonds. The lowest BCUT2D eigenvalue weighted by Crippen LogP contribution is -2.37. The number of nitrogens with one attached hydrogen (secondary N) is 2. The van der Waals surface area contributed by atoms with Gasteiger partial charge in [0.05, 0.1) is 6.54 Å². The summed E-state index contributed by atoms with van der Waals surface area (Å²) in [5.41, 5.74) is 1.80. The first-order valence-electron chi connectivity index (χ1n) is 6.51. The standard InChI is InChI=1S/C15H19N3O2/c1-18-9-5-8-13(18)14(19)11-17-15(20)16-10-12-6-3-2-4-7-12/h2-9,14,19H,10-11H2,1H3,(H2,16,17,20)/t14-/m1/s1. The van der Waals surface area contributed by atoms with Crippen LogP contribution in [-0.4, -0.2) is 22.2 Å². The first-order chi connectivity index (χ1) is 9.66. The molecule has 0 saturated heterocycles. The van der Waals surface area contributed by atoms with E-state index in [-0.39, 0.29) is 12.6 Å². The van der Waals surface area contributed by atoms with Crippen molar-refractivity contribution in [3.05, 3.63) is 59.9 Å². The van der Waals surface area contributed by atoms with Crippen molar-refractivity contribution in [3.8, 4) is 0 Å². The highest BCUT2D eigenvalue weighted by Gasteiger charge is 2.11. The van der Waals surface area contributed by atoms with E-state index in [0.29, 0.717) is 6.54 Å². The maximum Gasteiger partial charge on any atom is 0.315 e. The van der Waals surface area contributed by atoms with E-state index in [1.165, 1.54) is 0 Å². The van der Waals surface area contributed by atoms with Crippen LogP contribution in [0.15, 0.2) is 48.7 Å². The van der Waals surface area contributed by atoms with E-state index in [9.17, 15) is 9.90 Å². The Morgan fingerprint density at radius 1 is 1.20 bits per heavy atom. The van der Waals surface area contributed by atoms with Crippen molar-refractivity contribution >= 4 is 6.03 Å². The van der Waals surface area contributed by atoms with Gasteiger partial charge in [-0.05, 0) is 17.7 Å². The molecule has 1 heterocycles. The van der Waals surface area contributed by atoms with Gasteiger partial charge >= 0.3 is 6.03 Å². The number of carbonyl (C=O) groups is 1. The second-order valence-corrected chi connectivity index (χ2v) is 4.61. The molecular weight excluding hydrogens is 254 g/mol. The normalized spacial score (nSPS) is 11.9. The molecule has 5 heteroatoms. The van der Waals surface area contributed by atoms with Gasteiger partial charge in [-0.2, -0.15) is 0 Å². The monoisotopic (exact) mass is 273 g/mol. The van der Waals surface area contributed by atoms with E-state index in [2.05, 4.69) is 10.6 Å². The maximum atomic E-state index is 11.6. The first-order valence-corrected chi connectivity index (χ1v) is 6.51. The summed E-state index contributed by atoms with van der Waals surface area (Å²) >= 11 is 0. The fourth-order valence-electron chi connectivity index (χ4n) is 1.96. The summed E-state index contributed by atoms with van der Waals surface area (Å²) in [5.74, 6) is 0. The summed E-state index contributed by atoms with van der Waals surface area (Å²) in [6, 6.07) is 13.1. The number of aryl methyl sites for hydroxylation is 1. The zero-order valence-corrected chi connectivity index (χ0v) is 11.4. The Balaban J connectivity index is 1.74. The topological polar surface area (TPSA) is 66.3 Å². The lowest BCUT2D eigenvalue weighted by atomic mass is 10.2. The van der Waals surface area contributed by atoms with E-state index in [1.54, 1.807) is 0 Å². The summed E-state index contributed by atoms with van der Waals surface area (Å²) in [4.78, 5) is 11.6. The quantitative estimate of drug-likeness (QED) is 0.774. The van der Waals surface area contributed by atoms with Crippen LogP contribution < -0.4 is 10.6 Å². The van der Waals surface area contributed by atoms with Crippen LogP contribution in [0.5, 0.6) is 0 Å². The first kappa shape index (κ1) is 14.1. The minimum atomic E-state index is -0.711. The number of amides is 2. The molecule has 3 N–H and O–H groups in total. The van der Waals surface area contributed by atoms with Crippen LogP contribution >= 0.6 is 0 Å². The summed E-state index contributed by atoms with van der Waals surface area (Å²) in [6.45, 7) is 0.644. The van der Waals surface area contributed by atoms with Gasteiger partial charge in [0.1, 0.15) is 6.10 Å². The molecule has 0 unspecified atom stereocenters. The third-order valence-corrected chi connectivity index (χ3v) is 3.08. The van der Waals surface area contributed by atoms with Crippen LogP contribution in [-0.2, 0) is 13.6 Å². The number of aromatic nitrogens is 1. The lowest BCUT2D eigenvalue weighted by Gasteiger charge is -2.13. The molecule has 1 atom stereocenters. The van der Waals surface area contributed by atoms with E-state index >= 15 is 0 Å². The van der Waals surface area contributed by atoms with Crippen molar-refractivity contribution in [1.82, 2.24) is 15.2 Å². The molecule has 1 aromatic heterocycles. The van der Waals surface area contributed by atoms with Gasteiger partial charge in [0.15, 0.2) is 0 Å². The Hall–Kier alpha value is -2.27. The fourth-order valence-corrected chi connectivity index (χ4v) is 1.96. The van der Waals surface area contributed by atoms with Gasteiger partial charge in [-0.25, -0.2) is 4.79 Å². The van der Waals surface area contributed by atoms with Crippen LogP contribution in [0.1, 0.15) is 17.4 Å². The van der Waals surface area contributed by atoms with Gasteiger partial charge in [-0.15, -0.1) is 0 Å². The van der Waals surface area contributed by atoms with Crippen molar-refractivity contribution < 1.29 is 9.90 Å². The van der Waals surface area contributed by atoms with Gasteiger partial charge in [-0.1, -0.05) is 30.3 Å². The molecule has 0 saturated carbocycles. The number of aliphatic hydroxyl groups is 1. The largest absolute Gasteiger partial charge is 0.385 e. The number of carbonyl (C=O) groups excluding carboxylic acids is 1. The van der Waals surface area contributed by atoms with Gasteiger partial charge in [0, 0.05) is 25.5 Å². The molecule has 2 aromatic rings.